The van der Waals surface area contributed by atoms with Gasteiger partial charge in [-0.3, -0.25) is 0 Å². The van der Waals surface area contributed by atoms with Crippen LogP contribution in [0, 0.1) is 5.92 Å². The molecule has 0 atom stereocenters. The summed E-state index contributed by atoms with van der Waals surface area (Å²) in [5.74, 6) is 0.688. The third-order valence-electron chi connectivity index (χ3n) is 1.76. The number of urea groups is 1. The lowest BCUT2D eigenvalue weighted by molar-refractivity contribution is 0.128. The zero-order valence-electron chi connectivity index (χ0n) is 7.42. The Balaban J connectivity index is 2.21. The molecule has 0 aromatic heterocycles. The molecular formula is C8H16N2O. The number of hydrogen-bond donors (Lipinski definition) is 1. The molecule has 3 heteroatoms. The van der Waals surface area contributed by atoms with Gasteiger partial charge < -0.3 is 10.2 Å². The summed E-state index contributed by atoms with van der Waals surface area (Å²) < 4.78 is 0. The first-order valence-corrected chi connectivity index (χ1v) is 4.15. The average Bonchev–Trinajstić information content (AvgIpc) is 1.79. The highest BCUT2D eigenvalue weighted by Crippen LogP contribution is 2.13. The maximum Gasteiger partial charge on any atom is 0.317 e. The van der Waals surface area contributed by atoms with Crippen LogP contribution in [0.15, 0.2) is 0 Å². The Morgan fingerprint density at radius 2 is 2.09 bits per heavy atom. The molecule has 1 N–H and O–H groups in total. The number of nitrogens with one attached hydrogen (secondary N) is 1. The van der Waals surface area contributed by atoms with Crippen LogP contribution >= 0.6 is 0 Å². The van der Waals surface area contributed by atoms with Gasteiger partial charge >= 0.3 is 6.03 Å². The number of likely N-dealkylation sites (tertiary alicyclic amines) is 1. The molecule has 0 radical (unpaired) electrons. The Labute approximate surface area is 67.8 Å². The molecule has 0 aromatic rings. The lowest BCUT2D eigenvalue weighted by Gasteiger charge is -2.37. The quantitative estimate of drug-likeness (QED) is 0.605. The Morgan fingerprint density at radius 3 is 2.45 bits per heavy atom. The van der Waals surface area contributed by atoms with Crippen molar-refractivity contribution >= 4 is 6.03 Å². The fourth-order valence-electron chi connectivity index (χ4n) is 1.20. The summed E-state index contributed by atoms with van der Waals surface area (Å²) in [6.45, 7) is 7.93. The first-order chi connectivity index (χ1) is 5.09. The van der Waals surface area contributed by atoms with E-state index in [0.717, 1.165) is 13.1 Å². The molecule has 1 rings (SSSR count). The van der Waals surface area contributed by atoms with E-state index in [1.165, 1.54) is 0 Å². The maximum atomic E-state index is 11.2. The molecular weight excluding hydrogens is 140 g/mol. The lowest BCUT2D eigenvalue weighted by Crippen LogP contribution is -2.53. The summed E-state index contributed by atoms with van der Waals surface area (Å²) in [4.78, 5) is 13.0. The summed E-state index contributed by atoms with van der Waals surface area (Å²) in [5.41, 5.74) is 0. The van der Waals surface area contributed by atoms with Crippen molar-refractivity contribution in [2.75, 3.05) is 13.1 Å². The number of amides is 2. The van der Waals surface area contributed by atoms with Crippen LogP contribution in [0.3, 0.4) is 0 Å². The molecule has 0 aromatic carbocycles. The minimum absolute atomic E-state index is 0.0816. The van der Waals surface area contributed by atoms with Crippen molar-refractivity contribution in [1.29, 1.82) is 0 Å². The van der Waals surface area contributed by atoms with Crippen molar-refractivity contribution < 1.29 is 4.79 Å². The molecule has 64 valence electrons. The van der Waals surface area contributed by atoms with Crippen LogP contribution < -0.4 is 5.32 Å². The predicted octanol–water partition coefficient (Wildman–Crippen LogP) is 1.06. The van der Waals surface area contributed by atoms with Gasteiger partial charge in [-0.05, 0) is 19.8 Å². The van der Waals surface area contributed by atoms with Crippen LogP contribution in [-0.2, 0) is 0 Å². The molecule has 0 aliphatic carbocycles. The lowest BCUT2D eigenvalue weighted by atomic mass is 10.0. The third kappa shape index (κ3) is 2.10. The van der Waals surface area contributed by atoms with Gasteiger partial charge in [-0.2, -0.15) is 0 Å². The highest BCUT2D eigenvalue weighted by atomic mass is 16.2. The zero-order valence-corrected chi connectivity index (χ0v) is 7.42. The highest BCUT2D eigenvalue weighted by molar-refractivity contribution is 5.75. The van der Waals surface area contributed by atoms with Gasteiger partial charge in [-0.15, -0.1) is 0 Å². The molecule has 2 amide bonds. The Hall–Kier alpha value is -0.730. The first kappa shape index (κ1) is 8.37. The van der Waals surface area contributed by atoms with Gasteiger partial charge in [0.1, 0.15) is 0 Å². The SMILES string of the molecule is CC1CN(C(=O)NC(C)C)C1. The monoisotopic (exact) mass is 156 g/mol. The van der Waals surface area contributed by atoms with Crippen molar-refractivity contribution in [2.45, 2.75) is 26.8 Å². The van der Waals surface area contributed by atoms with E-state index in [2.05, 4.69) is 12.2 Å². The van der Waals surface area contributed by atoms with Crippen molar-refractivity contribution in [1.82, 2.24) is 10.2 Å². The largest absolute Gasteiger partial charge is 0.336 e. The smallest absolute Gasteiger partial charge is 0.317 e. The molecule has 1 fully saturated rings. The van der Waals surface area contributed by atoms with Crippen LogP contribution in [0.4, 0.5) is 4.79 Å². The van der Waals surface area contributed by atoms with Gasteiger partial charge in [0.05, 0.1) is 0 Å². The van der Waals surface area contributed by atoms with Crippen LogP contribution in [0.1, 0.15) is 20.8 Å². The van der Waals surface area contributed by atoms with Crippen molar-refractivity contribution in [3.05, 3.63) is 0 Å². The minimum Gasteiger partial charge on any atom is -0.336 e. The molecule has 1 saturated heterocycles. The molecule has 1 aliphatic heterocycles. The second kappa shape index (κ2) is 3.11. The van der Waals surface area contributed by atoms with E-state index in [-0.39, 0.29) is 12.1 Å². The van der Waals surface area contributed by atoms with Crippen LogP contribution in [0.25, 0.3) is 0 Å². The molecule has 0 bridgehead atoms. The van der Waals surface area contributed by atoms with Crippen LogP contribution in [-0.4, -0.2) is 30.1 Å². The van der Waals surface area contributed by atoms with Crippen molar-refractivity contribution in [2.24, 2.45) is 5.92 Å². The standard InChI is InChI=1S/C8H16N2O/c1-6(2)9-8(11)10-4-7(3)5-10/h6-7H,4-5H2,1-3H3,(H,9,11). The fraction of sp³-hybridized carbons (Fsp3) is 0.875. The van der Waals surface area contributed by atoms with E-state index in [1.54, 1.807) is 0 Å². The molecule has 11 heavy (non-hydrogen) atoms. The molecule has 0 unspecified atom stereocenters. The fourth-order valence-corrected chi connectivity index (χ4v) is 1.20. The van der Waals surface area contributed by atoms with E-state index < -0.39 is 0 Å². The average molecular weight is 156 g/mol. The van der Waals surface area contributed by atoms with Crippen molar-refractivity contribution in [3.8, 4) is 0 Å². The second-order valence-electron chi connectivity index (χ2n) is 3.61. The second-order valence-corrected chi connectivity index (χ2v) is 3.61. The maximum absolute atomic E-state index is 11.2. The molecule has 1 heterocycles. The highest BCUT2D eigenvalue weighted by Gasteiger charge is 2.26. The Kier molecular flexibility index (Phi) is 2.37. The summed E-state index contributed by atoms with van der Waals surface area (Å²) in [6, 6.07) is 0.330. The van der Waals surface area contributed by atoms with Gasteiger partial charge in [0.15, 0.2) is 0 Å². The van der Waals surface area contributed by atoms with Crippen LogP contribution in [0.5, 0.6) is 0 Å². The Morgan fingerprint density at radius 1 is 1.55 bits per heavy atom. The number of rotatable bonds is 1. The van der Waals surface area contributed by atoms with E-state index in [4.69, 9.17) is 0 Å². The predicted molar refractivity (Wildman–Crippen MR) is 44.4 cm³/mol. The number of carbonyl (C=O) groups is 1. The van der Waals surface area contributed by atoms with E-state index in [1.807, 2.05) is 18.7 Å². The zero-order chi connectivity index (χ0) is 8.43. The molecule has 0 spiro atoms. The molecule has 3 nitrogen and oxygen atoms in total. The van der Waals surface area contributed by atoms with Crippen LogP contribution in [0.2, 0.25) is 0 Å². The minimum atomic E-state index is 0.0816. The molecule has 0 saturated carbocycles. The summed E-state index contributed by atoms with van der Waals surface area (Å²) in [6.07, 6.45) is 0. The van der Waals surface area contributed by atoms with E-state index in [9.17, 15) is 4.79 Å². The summed E-state index contributed by atoms with van der Waals surface area (Å²) in [7, 11) is 0. The third-order valence-corrected chi connectivity index (χ3v) is 1.76. The van der Waals surface area contributed by atoms with Gasteiger partial charge in [0.25, 0.3) is 0 Å². The molecule has 1 aliphatic rings. The van der Waals surface area contributed by atoms with Gasteiger partial charge in [0.2, 0.25) is 0 Å². The number of carbonyl (C=O) groups excluding carboxylic acids is 1. The normalized spacial score (nSPS) is 18.4. The van der Waals surface area contributed by atoms with Gasteiger partial charge in [-0.25, -0.2) is 4.79 Å². The number of nitrogens with zero attached hydrogens (tertiary/aromatic N) is 1. The first-order valence-electron chi connectivity index (χ1n) is 4.15. The topological polar surface area (TPSA) is 32.3 Å². The van der Waals surface area contributed by atoms with E-state index >= 15 is 0 Å². The van der Waals surface area contributed by atoms with Gasteiger partial charge in [-0.1, -0.05) is 6.92 Å². The summed E-state index contributed by atoms with van der Waals surface area (Å²) >= 11 is 0. The Bertz CT molecular complexity index is 150. The van der Waals surface area contributed by atoms with E-state index in [0.29, 0.717) is 5.92 Å². The van der Waals surface area contributed by atoms with Crippen molar-refractivity contribution in [3.63, 3.8) is 0 Å². The van der Waals surface area contributed by atoms with Gasteiger partial charge in [0, 0.05) is 19.1 Å². The number of hydrogen-bond acceptors (Lipinski definition) is 1. The summed E-state index contributed by atoms with van der Waals surface area (Å²) in [5, 5.41) is 2.85.